The van der Waals surface area contributed by atoms with Crippen LogP contribution in [0.4, 0.5) is 5.69 Å². The minimum absolute atomic E-state index is 0.0413. The molecule has 0 spiro atoms. The molecule has 0 unspecified atom stereocenters. The molecule has 0 atom stereocenters. The zero-order chi connectivity index (χ0) is 18.8. The van der Waals surface area contributed by atoms with Crippen LogP contribution in [-0.2, 0) is 6.54 Å². The number of carbonyl (C=O) groups excluding carboxylic acids is 1. The summed E-state index contributed by atoms with van der Waals surface area (Å²) in [5.74, 6) is 0.0413. The Morgan fingerprint density at radius 2 is 1.85 bits per heavy atom. The fraction of sp³-hybridized carbons (Fsp3) is 0.333. The minimum atomic E-state index is 0.0413. The van der Waals surface area contributed by atoms with E-state index in [0.29, 0.717) is 0 Å². The van der Waals surface area contributed by atoms with Gasteiger partial charge in [0, 0.05) is 75.8 Å². The van der Waals surface area contributed by atoms with Crippen molar-refractivity contribution in [1.29, 1.82) is 0 Å². The topological polar surface area (TPSA) is 55.5 Å². The van der Waals surface area contributed by atoms with Gasteiger partial charge in [-0.1, -0.05) is 0 Å². The minimum Gasteiger partial charge on any atom is -0.369 e. The van der Waals surface area contributed by atoms with E-state index in [1.54, 1.807) is 19.0 Å². The van der Waals surface area contributed by atoms with Crippen LogP contribution in [0.5, 0.6) is 0 Å². The van der Waals surface area contributed by atoms with Gasteiger partial charge in [0.25, 0.3) is 5.91 Å². The van der Waals surface area contributed by atoms with E-state index in [-0.39, 0.29) is 5.91 Å². The average molecular weight is 363 g/mol. The molecule has 27 heavy (non-hydrogen) atoms. The average Bonchev–Trinajstić information content (AvgIpc) is 3.11. The van der Waals surface area contributed by atoms with Gasteiger partial charge in [0.05, 0.1) is 0 Å². The number of hydrogen-bond acceptors (Lipinski definition) is 4. The summed E-state index contributed by atoms with van der Waals surface area (Å²) in [5.41, 5.74) is 4.17. The third kappa shape index (κ3) is 3.66. The van der Waals surface area contributed by atoms with Gasteiger partial charge in [-0.05, 0) is 42.0 Å². The summed E-state index contributed by atoms with van der Waals surface area (Å²) < 4.78 is 0. The third-order valence-electron chi connectivity index (χ3n) is 5.19. The van der Waals surface area contributed by atoms with Crippen LogP contribution in [0.15, 0.2) is 48.8 Å². The molecule has 1 fully saturated rings. The number of benzene rings is 1. The van der Waals surface area contributed by atoms with Gasteiger partial charge in [-0.2, -0.15) is 0 Å². The second-order valence-electron chi connectivity index (χ2n) is 7.22. The van der Waals surface area contributed by atoms with E-state index >= 15 is 0 Å². The second kappa shape index (κ2) is 7.40. The number of aromatic amines is 1. The first kappa shape index (κ1) is 17.5. The molecule has 0 bridgehead atoms. The highest BCUT2D eigenvalue weighted by atomic mass is 16.2. The van der Waals surface area contributed by atoms with Crippen molar-refractivity contribution in [1.82, 2.24) is 19.8 Å². The van der Waals surface area contributed by atoms with Crippen molar-refractivity contribution < 1.29 is 4.79 Å². The standard InChI is InChI=1S/C21H25N5O/c1-24(2)21(27)16-5-7-18(8-6-16)26-12-10-25(11-13-26)15-17-14-23-20-19(17)4-3-9-22-20/h3-9,14H,10-13,15H2,1-2H3,(H,22,23). The number of fused-ring (bicyclic) bond motifs is 1. The quantitative estimate of drug-likeness (QED) is 0.774. The van der Waals surface area contributed by atoms with Crippen LogP contribution < -0.4 is 4.90 Å². The number of nitrogens with zero attached hydrogens (tertiary/aromatic N) is 4. The van der Waals surface area contributed by atoms with E-state index < -0.39 is 0 Å². The van der Waals surface area contributed by atoms with Crippen LogP contribution in [0, 0.1) is 0 Å². The molecule has 3 aromatic rings. The number of anilines is 1. The summed E-state index contributed by atoms with van der Waals surface area (Å²) in [5, 5.41) is 1.21. The Bertz CT molecular complexity index is 923. The van der Waals surface area contributed by atoms with Crippen LogP contribution in [0.2, 0.25) is 0 Å². The zero-order valence-electron chi connectivity index (χ0n) is 15.9. The Morgan fingerprint density at radius 3 is 2.56 bits per heavy atom. The van der Waals surface area contributed by atoms with Crippen molar-refractivity contribution in [2.75, 3.05) is 45.2 Å². The molecule has 0 aliphatic carbocycles. The van der Waals surface area contributed by atoms with Crippen LogP contribution in [-0.4, -0.2) is 65.9 Å². The summed E-state index contributed by atoms with van der Waals surface area (Å²) in [6.07, 6.45) is 3.89. The predicted molar refractivity (Wildman–Crippen MR) is 108 cm³/mol. The predicted octanol–water partition coefficient (Wildman–Crippen LogP) is 2.59. The van der Waals surface area contributed by atoms with Crippen molar-refractivity contribution in [2.24, 2.45) is 0 Å². The Labute approximate surface area is 159 Å². The maximum atomic E-state index is 12.0. The lowest BCUT2D eigenvalue weighted by molar-refractivity contribution is 0.0827. The number of carbonyl (C=O) groups is 1. The Hall–Kier alpha value is -2.86. The molecular weight excluding hydrogens is 338 g/mol. The molecule has 1 saturated heterocycles. The van der Waals surface area contributed by atoms with Crippen LogP contribution in [0.25, 0.3) is 11.0 Å². The van der Waals surface area contributed by atoms with Gasteiger partial charge >= 0.3 is 0 Å². The highest BCUT2D eigenvalue weighted by Gasteiger charge is 2.19. The van der Waals surface area contributed by atoms with Gasteiger partial charge < -0.3 is 14.8 Å². The molecule has 1 aliphatic rings. The number of pyridine rings is 1. The smallest absolute Gasteiger partial charge is 0.253 e. The normalized spacial score (nSPS) is 15.3. The molecule has 6 nitrogen and oxygen atoms in total. The van der Waals surface area contributed by atoms with Gasteiger partial charge in [0.2, 0.25) is 0 Å². The fourth-order valence-corrected chi connectivity index (χ4v) is 3.62. The second-order valence-corrected chi connectivity index (χ2v) is 7.22. The van der Waals surface area contributed by atoms with Gasteiger partial charge in [-0.3, -0.25) is 9.69 Å². The molecule has 3 heterocycles. The van der Waals surface area contributed by atoms with Crippen LogP contribution in [0.3, 0.4) is 0 Å². The fourth-order valence-electron chi connectivity index (χ4n) is 3.62. The summed E-state index contributed by atoms with van der Waals surface area (Å²) in [7, 11) is 3.55. The van der Waals surface area contributed by atoms with Crippen LogP contribution >= 0.6 is 0 Å². The zero-order valence-corrected chi connectivity index (χ0v) is 15.9. The van der Waals surface area contributed by atoms with E-state index in [1.807, 2.05) is 24.4 Å². The molecule has 4 rings (SSSR count). The molecule has 1 aromatic carbocycles. The number of nitrogens with one attached hydrogen (secondary N) is 1. The Balaban J connectivity index is 1.37. The lowest BCUT2D eigenvalue weighted by atomic mass is 10.1. The van der Waals surface area contributed by atoms with Crippen LogP contribution in [0.1, 0.15) is 15.9 Å². The van der Waals surface area contributed by atoms with Gasteiger partial charge in [0.1, 0.15) is 5.65 Å². The number of piperazine rings is 1. The van der Waals surface area contributed by atoms with Crippen molar-refractivity contribution in [3.63, 3.8) is 0 Å². The van der Waals surface area contributed by atoms with E-state index in [9.17, 15) is 4.79 Å². The maximum absolute atomic E-state index is 12.0. The molecule has 0 radical (unpaired) electrons. The van der Waals surface area contributed by atoms with Crippen molar-refractivity contribution in [3.05, 3.63) is 59.9 Å². The molecule has 1 amide bonds. The van der Waals surface area contributed by atoms with E-state index in [2.05, 4.69) is 44.2 Å². The lowest BCUT2D eigenvalue weighted by Crippen LogP contribution is -2.45. The highest BCUT2D eigenvalue weighted by Crippen LogP contribution is 2.21. The highest BCUT2D eigenvalue weighted by molar-refractivity contribution is 5.94. The molecule has 0 saturated carbocycles. The van der Waals surface area contributed by atoms with E-state index in [4.69, 9.17) is 0 Å². The summed E-state index contributed by atoms with van der Waals surface area (Å²) in [4.78, 5) is 26.1. The number of hydrogen-bond donors (Lipinski definition) is 1. The van der Waals surface area contributed by atoms with Gasteiger partial charge in [-0.15, -0.1) is 0 Å². The molecule has 2 aromatic heterocycles. The first-order chi connectivity index (χ1) is 13.1. The Morgan fingerprint density at radius 1 is 1.11 bits per heavy atom. The lowest BCUT2D eigenvalue weighted by Gasteiger charge is -2.36. The first-order valence-electron chi connectivity index (χ1n) is 9.32. The number of rotatable bonds is 4. The summed E-state index contributed by atoms with van der Waals surface area (Å²) in [6.45, 7) is 4.95. The monoisotopic (exact) mass is 363 g/mol. The number of aromatic nitrogens is 2. The van der Waals surface area contributed by atoms with E-state index in [0.717, 1.165) is 43.9 Å². The largest absolute Gasteiger partial charge is 0.369 e. The third-order valence-corrected chi connectivity index (χ3v) is 5.19. The number of amides is 1. The van der Waals surface area contributed by atoms with E-state index in [1.165, 1.54) is 16.6 Å². The van der Waals surface area contributed by atoms with Crippen molar-refractivity contribution in [3.8, 4) is 0 Å². The molecule has 140 valence electrons. The van der Waals surface area contributed by atoms with Crippen molar-refractivity contribution >= 4 is 22.6 Å². The van der Waals surface area contributed by atoms with Crippen molar-refractivity contribution in [2.45, 2.75) is 6.54 Å². The maximum Gasteiger partial charge on any atom is 0.253 e. The molecular formula is C21H25N5O. The number of H-pyrrole nitrogens is 1. The summed E-state index contributed by atoms with van der Waals surface area (Å²) >= 11 is 0. The molecule has 1 N–H and O–H groups in total. The van der Waals surface area contributed by atoms with Gasteiger partial charge in [0.15, 0.2) is 0 Å². The Kier molecular flexibility index (Phi) is 4.81. The summed E-state index contributed by atoms with van der Waals surface area (Å²) in [6, 6.07) is 12.1. The van der Waals surface area contributed by atoms with Gasteiger partial charge in [-0.25, -0.2) is 4.98 Å². The molecule has 6 heteroatoms. The SMILES string of the molecule is CN(C)C(=O)c1ccc(N2CCN(Cc3c[nH]c4ncccc34)CC2)cc1. The first-order valence-corrected chi connectivity index (χ1v) is 9.32. The molecule has 1 aliphatic heterocycles.